The summed E-state index contributed by atoms with van der Waals surface area (Å²) >= 11 is 0. The van der Waals surface area contributed by atoms with Crippen molar-refractivity contribution in [3.8, 4) is 0 Å². The number of benzene rings is 1. The molecular weight excluding hydrogens is 290 g/mol. The molecule has 0 aliphatic rings. The van der Waals surface area contributed by atoms with Gasteiger partial charge in [0.05, 0.1) is 11.9 Å². The number of nitrogens with two attached hydrogens (primary N) is 1. The van der Waals surface area contributed by atoms with E-state index >= 15 is 0 Å². The van der Waals surface area contributed by atoms with Gasteiger partial charge in [-0.05, 0) is 50.1 Å². The van der Waals surface area contributed by atoms with Gasteiger partial charge in [0, 0.05) is 12.1 Å². The molecule has 0 fully saturated rings. The lowest BCUT2D eigenvalue weighted by Gasteiger charge is -2.10. The first-order valence-electron chi connectivity index (χ1n) is 6.90. The van der Waals surface area contributed by atoms with E-state index in [2.05, 4.69) is 10.0 Å². The highest BCUT2D eigenvalue weighted by Gasteiger charge is 2.07. The van der Waals surface area contributed by atoms with Crippen LogP contribution in [0.1, 0.15) is 31.2 Å². The Labute approximate surface area is 126 Å². The monoisotopic (exact) mass is 313 g/mol. The van der Waals surface area contributed by atoms with Gasteiger partial charge in [-0.3, -0.25) is 9.52 Å². The summed E-state index contributed by atoms with van der Waals surface area (Å²) in [5.41, 5.74) is 7.32. The maximum Gasteiger partial charge on any atom is 0.229 e. The Morgan fingerprint density at radius 3 is 2.52 bits per heavy atom. The Morgan fingerprint density at radius 1 is 1.24 bits per heavy atom. The molecular formula is C14H23N3O3S. The Morgan fingerprint density at radius 2 is 1.95 bits per heavy atom. The summed E-state index contributed by atoms with van der Waals surface area (Å²) < 4.78 is 24.8. The average molecular weight is 313 g/mol. The largest absolute Gasteiger partial charge is 0.330 e. The molecule has 1 aromatic rings. The standard InChI is InChI=1S/C14H23N3O3S/c1-11-10-12(7-8-13(11)17-21(2,19)20)16-14(18)6-4-3-5-9-15/h7-8,10,17H,3-6,9,15H2,1-2H3,(H,16,18). The second kappa shape index (κ2) is 7.99. The molecule has 1 rings (SSSR count). The number of rotatable bonds is 8. The third-order valence-electron chi connectivity index (χ3n) is 2.91. The summed E-state index contributed by atoms with van der Waals surface area (Å²) in [6, 6.07) is 5.06. The molecule has 1 amide bonds. The SMILES string of the molecule is Cc1cc(NC(=O)CCCCCN)ccc1NS(C)(=O)=O. The normalized spacial score (nSPS) is 11.2. The quantitative estimate of drug-likeness (QED) is 0.637. The number of sulfonamides is 1. The van der Waals surface area contributed by atoms with Crippen molar-refractivity contribution in [1.29, 1.82) is 0 Å². The minimum atomic E-state index is -3.30. The molecule has 6 nitrogen and oxygen atoms in total. The highest BCUT2D eigenvalue weighted by Crippen LogP contribution is 2.20. The van der Waals surface area contributed by atoms with E-state index in [1.807, 2.05) is 0 Å². The summed E-state index contributed by atoms with van der Waals surface area (Å²) in [6.45, 7) is 2.43. The topological polar surface area (TPSA) is 101 Å². The third-order valence-corrected chi connectivity index (χ3v) is 3.50. The molecule has 0 bridgehead atoms. The first-order valence-corrected chi connectivity index (χ1v) is 8.79. The number of carbonyl (C=O) groups is 1. The maximum absolute atomic E-state index is 11.7. The summed E-state index contributed by atoms with van der Waals surface area (Å²) in [5.74, 6) is -0.0461. The van der Waals surface area contributed by atoms with Gasteiger partial charge in [-0.1, -0.05) is 6.42 Å². The Kier molecular flexibility index (Phi) is 6.64. The van der Waals surface area contributed by atoms with Crippen molar-refractivity contribution in [3.63, 3.8) is 0 Å². The molecule has 0 atom stereocenters. The zero-order chi connectivity index (χ0) is 15.9. The highest BCUT2D eigenvalue weighted by molar-refractivity contribution is 7.92. The van der Waals surface area contributed by atoms with Crippen LogP contribution >= 0.6 is 0 Å². The van der Waals surface area contributed by atoms with Crippen LogP contribution in [0.5, 0.6) is 0 Å². The van der Waals surface area contributed by atoms with Crippen molar-refractivity contribution in [2.75, 3.05) is 22.8 Å². The number of carbonyl (C=O) groups excluding carboxylic acids is 1. The summed E-state index contributed by atoms with van der Waals surface area (Å²) in [7, 11) is -3.30. The van der Waals surface area contributed by atoms with Gasteiger partial charge in [-0.2, -0.15) is 0 Å². The number of nitrogens with one attached hydrogen (secondary N) is 2. The molecule has 0 aliphatic heterocycles. The van der Waals surface area contributed by atoms with E-state index < -0.39 is 10.0 Å². The van der Waals surface area contributed by atoms with E-state index in [0.717, 1.165) is 31.1 Å². The van der Waals surface area contributed by atoms with E-state index in [1.54, 1.807) is 25.1 Å². The van der Waals surface area contributed by atoms with Crippen molar-refractivity contribution >= 4 is 27.3 Å². The molecule has 0 radical (unpaired) electrons. The number of amides is 1. The molecule has 0 spiro atoms. The zero-order valence-electron chi connectivity index (χ0n) is 12.5. The van der Waals surface area contributed by atoms with Crippen LogP contribution in [0.3, 0.4) is 0 Å². The van der Waals surface area contributed by atoms with Crippen molar-refractivity contribution < 1.29 is 13.2 Å². The van der Waals surface area contributed by atoms with Gasteiger partial charge >= 0.3 is 0 Å². The number of anilines is 2. The molecule has 0 saturated carbocycles. The van der Waals surface area contributed by atoms with Gasteiger partial charge in [0.15, 0.2) is 0 Å². The van der Waals surface area contributed by atoms with E-state index in [9.17, 15) is 13.2 Å². The molecule has 0 heterocycles. The predicted octanol–water partition coefficient (Wildman–Crippen LogP) is 1.82. The smallest absolute Gasteiger partial charge is 0.229 e. The van der Waals surface area contributed by atoms with Crippen molar-refractivity contribution in [3.05, 3.63) is 23.8 Å². The molecule has 0 aliphatic carbocycles. The summed E-state index contributed by atoms with van der Waals surface area (Å²) in [4.78, 5) is 11.7. The minimum absolute atomic E-state index is 0.0461. The van der Waals surface area contributed by atoms with Crippen LogP contribution in [0, 0.1) is 6.92 Å². The van der Waals surface area contributed by atoms with Gasteiger partial charge in [0.25, 0.3) is 0 Å². The summed E-state index contributed by atoms with van der Waals surface area (Å²) in [5, 5.41) is 2.80. The molecule has 0 saturated heterocycles. The van der Waals surface area contributed by atoms with Crippen LogP contribution in [-0.2, 0) is 14.8 Å². The molecule has 7 heteroatoms. The molecule has 118 valence electrons. The number of hydrogen-bond donors (Lipinski definition) is 3. The van der Waals surface area contributed by atoms with Crippen molar-refractivity contribution in [2.24, 2.45) is 5.73 Å². The van der Waals surface area contributed by atoms with Crippen molar-refractivity contribution in [2.45, 2.75) is 32.6 Å². The number of unbranched alkanes of at least 4 members (excludes halogenated alkanes) is 2. The maximum atomic E-state index is 11.7. The van der Waals surface area contributed by atoms with Crippen molar-refractivity contribution in [1.82, 2.24) is 0 Å². The zero-order valence-corrected chi connectivity index (χ0v) is 13.3. The van der Waals surface area contributed by atoms with E-state index in [4.69, 9.17) is 5.73 Å². The molecule has 21 heavy (non-hydrogen) atoms. The average Bonchev–Trinajstić information content (AvgIpc) is 2.37. The molecule has 0 aromatic heterocycles. The van der Waals surface area contributed by atoms with E-state index in [1.165, 1.54) is 0 Å². The third kappa shape index (κ3) is 7.10. The number of aryl methyl sites for hydroxylation is 1. The lowest BCUT2D eigenvalue weighted by Crippen LogP contribution is -2.13. The fourth-order valence-electron chi connectivity index (χ4n) is 1.89. The second-order valence-corrected chi connectivity index (χ2v) is 6.80. The number of hydrogen-bond acceptors (Lipinski definition) is 4. The fourth-order valence-corrected chi connectivity index (χ4v) is 2.51. The predicted molar refractivity (Wildman–Crippen MR) is 85.8 cm³/mol. The van der Waals surface area contributed by atoms with Crippen LogP contribution in [0.25, 0.3) is 0 Å². The Balaban J connectivity index is 2.57. The van der Waals surface area contributed by atoms with Gasteiger partial charge in [-0.25, -0.2) is 8.42 Å². The Hall–Kier alpha value is -1.60. The van der Waals surface area contributed by atoms with Gasteiger partial charge in [-0.15, -0.1) is 0 Å². The second-order valence-electron chi connectivity index (χ2n) is 5.05. The first-order chi connectivity index (χ1) is 9.81. The van der Waals surface area contributed by atoms with Crippen LogP contribution in [0.4, 0.5) is 11.4 Å². The van der Waals surface area contributed by atoms with Crippen LogP contribution in [-0.4, -0.2) is 27.1 Å². The minimum Gasteiger partial charge on any atom is -0.330 e. The molecule has 0 unspecified atom stereocenters. The van der Waals surface area contributed by atoms with Crippen LogP contribution in [0.2, 0.25) is 0 Å². The van der Waals surface area contributed by atoms with E-state index in [0.29, 0.717) is 24.3 Å². The molecule has 4 N–H and O–H groups in total. The van der Waals surface area contributed by atoms with Gasteiger partial charge in [0.1, 0.15) is 0 Å². The fraction of sp³-hybridized carbons (Fsp3) is 0.500. The molecule has 1 aromatic carbocycles. The van der Waals surface area contributed by atoms with E-state index in [-0.39, 0.29) is 5.91 Å². The summed E-state index contributed by atoms with van der Waals surface area (Å²) in [6.07, 6.45) is 4.25. The Bertz CT molecular complexity index is 585. The van der Waals surface area contributed by atoms with Crippen LogP contribution in [0.15, 0.2) is 18.2 Å². The first kappa shape index (κ1) is 17.5. The highest BCUT2D eigenvalue weighted by atomic mass is 32.2. The van der Waals surface area contributed by atoms with Gasteiger partial charge < -0.3 is 11.1 Å². The lowest BCUT2D eigenvalue weighted by molar-refractivity contribution is -0.116. The van der Waals surface area contributed by atoms with Crippen LogP contribution < -0.4 is 15.8 Å². The lowest BCUT2D eigenvalue weighted by atomic mass is 10.1. The van der Waals surface area contributed by atoms with Gasteiger partial charge in [0.2, 0.25) is 15.9 Å².